The fraction of sp³-hybridized carbons (Fsp3) is 0.462. The minimum atomic E-state index is -0.341. The zero-order valence-electron chi connectivity index (χ0n) is 9.92. The van der Waals surface area contributed by atoms with Crippen LogP contribution in [0.5, 0.6) is 0 Å². The molecule has 92 valence electrons. The summed E-state index contributed by atoms with van der Waals surface area (Å²) >= 11 is 0. The zero-order valence-corrected chi connectivity index (χ0v) is 9.92. The Balaban J connectivity index is 1.95. The van der Waals surface area contributed by atoms with Crippen LogP contribution in [0.15, 0.2) is 18.2 Å². The van der Waals surface area contributed by atoms with Crippen molar-refractivity contribution < 1.29 is 9.18 Å². The van der Waals surface area contributed by atoms with Crippen molar-refractivity contribution in [1.29, 1.82) is 0 Å². The van der Waals surface area contributed by atoms with Gasteiger partial charge in [-0.1, -0.05) is 18.9 Å². The van der Waals surface area contributed by atoms with E-state index in [0.717, 1.165) is 18.4 Å². The van der Waals surface area contributed by atoms with Gasteiger partial charge in [-0.2, -0.15) is 0 Å². The van der Waals surface area contributed by atoms with Gasteiger partial charge in [-0.25, -0.2) is 9.18 Å². The third kappa shape index (κ3) is 3.19. The van der Waals surface area contributed by atoms with Crippen LogP contribution in [-0.2, 0) is 0 Å². The quantitative estimate of drug-likeness (QED) is 0.813. The first kappa shape index (κ1) is 11.9. The van der Waals surface area contributed by atoms with Crippen LogP contribution < -0.4 is 10.6 Å². The summed E-state index contributed by atoms with van der Waals surface area (Å²) in [6.07, 6.45) is 4.42. The van der Waals surface area contributed by atoms with E-state index >= 15 is 0 Å². The molecule has 1 fully saturated rings. The maximum Gasteiger partial charge on any atom is 0.319 e. The molecule has 2 amide bonds. The summed E-state index contributed by atoms with van der Waals surface area (Å²) in [4.78, 5) is 11.7. The molecule has 0 bridgehead atoms. The summed E-state index contributed by atoms with van der Waals surface area (Å²) in [6, 6.07) is 4.40. The van der Waals surface area contributed by atoms with Gasteiger partial charge in [0.25, 0.3) is 0 Å². The molecule has 0 radical (unpaired) electrons. The number of amides is 2. The molecule has 0 saturated heterocycles. The van der Waals surface area contributed by atoms with Crippen molar-refractivity contribution >= 4 is 11.7 Å². The number of carbonyl (C=O) groups excluding carboxylic acids is 1. The summed E-state index contributed by atoms with van der Waals surface area (Å²) in [6.45, 7) is 1.84. The van der Waals surface area contributed by atoms with Gasteiger partial charge in [0, 0.05) is 11.7 Å². The molecule has 1 aliphatic rings. The highest BCUT2D eigenvalue weighted by atomic mass is 19.1. The van der Waals surface area contributed by atoms with E-state index in [-0.39, 0.29) is 17.9 Å². The smallest absolute Gasteiger partial charge is 0.319 e. The molecule has 0 aliphatic heterocycles. The van der Waals surface area contributed by atoms with Gasteiger partial charge in [0.05, 0.1) is 0 Å². The summed E-state index contributed by atoms with van der Waals surface area (Å²) in [5.41, 5.74) is 1.38. The Morgan fingerprint density at radius 1 is 1.35 bits per heavy atom. The van der Waals surface area contributed by atoms with E-state index in [1.54, 1.807) is 6.07 Å². The molecule has 1 aromatic rings. The number of carbonyl (C=O) groups is 1. The Morgan fingerprint density at radius 3 is 2.76 bits per heavy atom. The predicted octanol–water partition coefficient (Wildman–Crippen LogP) is 3.20. The van der Waals surface area contributed by atoms with Crippen LogP contribution in [0.1, 0.15) is 31.2 Å². The van der Waals surface area contributed by atoms with Crippen LogP contribution in [0.4, 0.5) is 14.9 Å². The summed E-state index contributed by atoms with van der Waals surface area (Å²) in [7, 11) is 0. The largest absolute Gasteiger partial charge is 0.335 e. The lowest BCUT2D eigenvalue weighted by molar-refractivity contribution is 0.248. The first-order valence-electron chi connectivity index (χ1n) is 5.99. The maximum absolute atomic E-state index is 13.0. The van der Waals surface area contributed by atoms with E-state index in [1.807, 2.05) is 6.92 Å². The van der Waals surface area contributed by atoms with Crippen molar-refractivity contribution in [2.75, 3.05) is 5.32 Å². The van der Waals surface area contributed by atoms with Gasteiger partial charge >= 0.3 is 6.03 Å². The first-order valence-corrected chi connectivity index (χ1v) is 5.99. The van der Waals surface area contributed by atoms with Crippen molar-refractivity contribution in [3.63, 3.8) is 0 Å². The van der Waals surface area contributed by atoms with Crippen LogP contribution in [0.2, 0.25) is 0 Å². The number of urea groups is 1. The van der Waals surface area contributed by atoms with E-state index < -0.39 is 0 Å². The second-order valence-corrected chi connectivity index (χ2v) is 4.54. The lowest BCUT2D eigenvalue weighted by atomic mass is 10.2. The van der Waals surface area contributed by atoms with Gasteiger partial charge < -0.3 is 10.6 Å². The minimum Gasteiger partial charge on any atom is -0.335 e. The highest BCUT2D eigenvalue weighted by molar-refractivity contribution is 5.90. The van der Waals surface area contributed by atoms with E-state index in [0.29, 0.717) is 5.69 Å². The number of rotatable bonds is 2. The zero-order chi connectivity index (χ0) is 12.3. The Hall–Kier alpha value is -1.58. The number of hydrogen-bond donors (Lipinski definition) is 2. The van der Waals surface area contributed by atoms with Crippen LogP contribution in [0.3, 0.4) is 0 Å². The lowest BCUT2D eigenvalue weighted by Crippen LogP contribution is -2.36. The van der Waals surface area contributed by atoms with Gasteiger partial charge in [0.2, 0.25) is 0 Å². The molecule has 2 rings (SSSR count). The SMILES string of the molecule is Cc1ccc(F)cc1NC(=O)NC1CCCC1. The van der Waals surface area contributed by atoms with Crippen LogP contribution in [-0.4, -0.2) is 12.1 Å². The van der Waals surface area contributed by atoms with E-state index in [9.17, 15) is 9.18 Å². The molecule has 2 N–H and O–H groups in total. The van der Waals surface area contributed by atoms with Gasteiger partial charge in [-0.05, 0) is 37.5 Å². The number of hydrogen-bond acceptors (Lipinski definition) is 1. The molecule has 1 aromatic carbocycles. The van der Waals surface area contributed by atoms with Gasteiger partial charge in [-0.3, -0.25) is 0 Å². The molecule has 4 heteroatoms. The Bertz CT molecular complexity index is 414. The predicted molar refractivity (Wildman–Crippen MR) is 65.5 cm³/mol. The third-order valence-corrected chi connectivity index (χ3v) is 3.14. The average molecular weight is 236 g/mol. The molecule has 0 unspecified atom stereocenters. The first-order chi connectivity index (χ1) is 8.15. The van der Waals surface area contributed by atoms with Crippen LogP contribution in [0.25, 0.3) is 0 Å². The standard InChI is InChI=1S/C13H17FN2O/c1-9-6-7-10(14)8-12(9)16-13(17)15-11-4-2-3-5-11/h6-8,11H,2-5H2,1H3,(H2,15,16,17). The Labute approximate surface area is 100 Å². The fourth-order valence-corrected chi connectivity index (χ4v) is 2.14. The molecule has 1 saturated carbocycles. The van der Waals surface area contributed by atoms with Crippen LogP contribution in [0, 0.1) is 12.7 Å². The minimum absolute atomic E-state index is 0.245. The number of anilines is 1. The average Bonchev–Trinajstić information content (AvgIpc) is 2.76. The molecule has 1 aliphatic carbocycles. The van der Waals surface area contributed by atoms with E-state index in [2.05, 4.69) is 10.6 Å². The van der Waals surface area contributed by atoms with Crippen molar-refractivity contribution in [1.82, 2.24) is 5.32 Å². The summed E-state index contributed by atoms with van der Waals surface area (Å²) < 4.78 is 13.0. The van der Waals surface area contributed by atoms with Crippen LogP contribution >= 0.6 is 0 Å². The van der Waals surface area contributed by atoms with Crippen molar-refractivity contribution in [3.8, 4) is 0 Å². The second-order valence-electron chi connectivity index (χ2n) is 4.54. The molecule has 0 heterocycles. The molecule has 17 heavy (non-hydrogen) atoms. The third-order valence-electron chi connectivity index (χ3n) is 3.14. The van der Waals surface area contributed by atoms with E-state index in [4.69, 9.17) is 0 Å². The summed E-state index contributed by atoms with van der Waals surface area (Å²) in [5.74, 6) is -0.341. The molecule has 3 nitrogen and oxygen atoms in total. The number of aryl methyl sites for hydroxylation is 1. The summed E-state index contributed by atoms with van der Waals surface area (Å²) in [5, 5.41) is 5.59. The Kier molecular flexibility index (Phi) is 3.61. The maximum atomic E-state index is 13.0. The molecule has 0 spiro atoms. The highest BCUT2D eigenvalue weighted by Crippen LogP contribution is 2.19. The number of nitrogens with one attached hydrogen (secondary N) is 2. The molecule has 0 atom stereocenters. The Morgan fingerprint density at radius 2 is 2.06 bits per heavy atom. The molecule has 0 aromatic heterocycles. The normalized spacial score (nSPS) is 15.9. The monoisotopic (exact) mass is 236 g/mol. The lowest BCUT2D eigenvalue weighted by Gasteiger charge is -2.14. The molecular formula is C13H17FN2O. The van der Waals surface area contributed by atoms with Crippen molar-refractivity contribution in [2.45, 2.75) is 38.6 Å². The number of benzene rings is 1. The van der Waals surface area contributed by atoms with Crippen molar-refractivity contribution in [2.24, 2.45) is 0 Å². The topological polar surface area (TPSA) is 41.1 Å². The van der Waals surface area contributed by atoms with Gasteiger partial charge in [-0.15, -0.1) is 0 Å². The number of halogens is 1. The fourth-order valence-electron chi connectivity index (χ4n) is 2.14. The van der Waals surface area contributed by atoms with Crippen molar-refractivity contribution in [3.05, 3.63) is 29.6 Å². The highest BCUT2D eigenvalue weighted by Gasteiger charge is 2.17. The molecular weight excluding hydrogens is 219 g/mol. The van der Waals surface area contributed by atoms with Gasteiger partial charge in [0.1, 0.15) is 5.82 Å². The van der Waals surface area contributed by atoms with E-state index in [1.165, 1.54) is 25.0 Å². The van der Waals surface area contributed by atoms with Gasteiger partial charge in [0.15, 0.2) is 0 Å². The second kappa shape index (κ2) is 5.17.